The van der Waals surface area contributed by atoms with Gasteiger partial charge in [-0.15, -0.1) is 11.8 Å². The highest BCUT2D eigenvalue weighted by Crippen LogP contribution is 2.68. The summed E-state index contributed by atoms with van der Waals surface area (Å²) in [5.74, 6) is -1.63. The third-order valence-electron chi connectivity index (χ3n) is 7.63. The van der Waals surface area contributed by atoms with Gasteiger partial charge in [-0.05, 0) is 31.7 Å². The predicted molar refractivity (Wildman–Crippen MR) is 141 cm³/mol. The number of aliphatic hydroxyl groups excluding tert-OH is 1. The van der Waals surface area contributed by atoms with Gasteiger partial charge in [0.1, 0.15) is 6.04 Å². The van der Waals surface area contributed by atoms with Crippen molar-refractivity contribution in [2.75, 3.05) is 13.2 Å². The van der Waals surface area contributed by atoms with Crippen LogP contribution in [0.3, 0.4) is 0 Å². The molecule has 3 N–H and O–H groups in total. The topological polar surface area (TPSA) is 98.7 Å². The molecule has 1 aromatic carbocycles. The molecule has 1 aromatic rings. The number of carbonyl (C=O) groups excluding carboxylic acids is 3. The molecule has 3 amide bonds. The molecule has 0 aliphatic carbocycles. The summed E-state index contributed by atoms with van der Waals surface area (Å²) in [7, 11) is 0. The van der Waals surface area contributed by atoms with Gasteiger partial charge in [0.2, 0.25) is 17.7 Å². The van der Waals surface area contributed by atoms with Gasteiger partial charge in [-0.1, -0.05) is 66.5 Å². The molecule has 0 saturated carbocycles. The first-order valence-corrected chi connectivity index (χ1v) is 14.5. The number of nitrogens with zero attached hydrogens (tertiary/aromatic N) is 1. The fourth-order valence-corrected chi connectivity index (χ4v) is 9.82. The zero-order valence-corrected chi connectivity index (χ0v) is 23.0. The van der Waals surface area contributed by atoms with Crippen molar-refractivity contribution in [1.29, 1.82) is 0 Å². The van der Waals surface area contributed by atoms with Gasteiger partial charge in [0.25, 0.3) is 0 Å². The van der Waals surface area contributed by atoms with E-state index in [-0.39, 0.29) is 40.4 Å². The van der Waals surface area contributed by atoms with E-state index in [0.29, 0.717) is 13.0 Å². The van der Waals surface area contributed by atoms with Crippen molar-refractivity contribution in [1.82, 2.24) is 15.5 Å². The van der Waals surface area contributed by atoms with Crippen LogP contribution in [0, 0.1) is 11.8 Å². The molecule has 0 aromatic heterocycles. The van der Waals surface area contributed by atoms with Crippen LogP contribution in [0.1, 0.15) is 58.1 Å². The molecule has 3 heterocycles. The van der Waals surface area contributed by atoms with Crippen molar-refractivity contribution >= 4 is 45.4 Å². The molecule has 35 heavy (non-hydrogen) atoms. The second-order valence-electron chi connectivity index (χ2n) is 10.0. The van der Waals surface area contributed by atoms with Gasteiger partial charge in [0, 0.05) is 22.7 Å². The third-order valence-corrected chi connectivity index (χ3v) is 10.9. The lowest BCUT2D eigenvalue weighted by Gasteiger charge is -2.38. The quantitative estimate of drug-likeness (QED) is 0.379. The van der Waals surface area contributed by atoms with Crippen LogP contribution in [0.4, 0.5) is 0 Å². The molecule has 2 bridgehead atoms. The molecule has 0 radical (unpaired) electrons. The van der Waals surface area contributed by atoms with Crippen LogP contribution in [-0.4, -0.2) is 67.8 Å². The zero-order valence-electron chi connectivity index (χ0n) is 20.6. The number of carbonyl (C=O) groups is 3. The number of aliphatic hydroxyl groups is 1. The summed E-state index contributed by atoms with van der Waals surface area (Å²) in [6.45, 7) is 6.30. The van der Waals surface area contributed by atoms with Crippen LogP contribution < -0.4 is 10.6 Å². The maximum atomic E-state index is 14.2. The molecule has 3 saturated heterocycles. The van der Waals surface area contributed by atoms with Gasteiger partial charge in [0.15, 0.2) is 0 Å². The molecule has 4 rings (SSSR count). The second kappa shape index (κ2) is 10.8. The SMILES string of the molecule is CCCNC(=O)[C@H]1[C@H]2C(=O)N([C@H](CO)c3ccccc3)C(C(=O)NC(C)CCC)C23CC(Br)[C@@H]1S3. The van der Waals surface area contributed by atoms with E-state index in [9.17, 15) is 19.5 Å². The van der Waals surface area contributed by atoms with Gasteiger partial charge in [-0.3, -0.25) is 14.4 Å². The van der Waals surface area contributed by atoms with E-state index in [2.05, 4.69) is 33.5 Å². The first kappa shape index (κ1) is 26.5. The minimum Gasteiger partial charge on any atom is -0.394 e. The summed E-state index contributed by atoms with van der Waals surface area (Å²) in [6, 6.07) is 7.91. The van der Waals surface area contributed by atoms with E-state index in [1.807, 2.05) is 44.2 Å². The summed E-state index contributed by atoms with van der Waals surface area (Å²) >= 11 is 5.41. The number of halogens is 1. The molecule has 4 unspecified atom stereocenters. The summed E-state index contributed by atoms with van der Waals surface area (Å²) in [5.41, 5.74) is 0.779. The Hall–Kier alpha value is -1.58. The maximum Gasteiger partial charge on any atom is 0.244 e. The zero-order chi connectivity index (χ0) is 25.3. The van der Waals surface area contributed by atoms with Crippen LogP contribution in [-0.2, 0) is 14.4 Å². The summed E-state index contributed by atoms with van der Waals surface area (Å²) in [4.78, 5) is 43.0. The van der Waals surface area contributed by atoms with E-state index in [1.165, 1.54) is 0 Å². The van der Waals surface area contributed by atoms with Gasteiger partial charge in [0.05, 0.1) is 29.2 Å². The molecular weight excluding hydrogens is 530 g/mol. The van der Waals surface area contributed by atoms with Gasteiger partial charge in [-0.2, -0.15) is 0 Å². The maximum absolute atomic E-state index is 14.2. The molecule has 3 aliphatic heterocycles. The van der Waals surface area contributed by atoms with E-state index in [4.69, 9.17) is 0 Å². The lowest BCUT2D eigenvalue weighted by atomic mass is 9.70. The number of thioether (sulfide) groups is 1. The molecule has 3 fully saturated rings. The Kier molecular flexibility index (Phi) is 8.18. The largest absolute Gasteiger partial charge is 0.394 e. The van der Waals surface area contributed by atoms with E-state index in [1.54, 1.807) is 16.7 Å². The Morgan fingerprint density at radius 3 is 2.57 bits per heavy atom. The van der Waals surface area contributed by atoms with E-state index >= 15 is 0 Å². The number of fused-ring (bicyclic) bond motifs is 1. The van der Waals surface area contributed by atoms with Crippen molar-refractivity contribution in [3.8, 4) is 0 Å². The standard InChI is InChI=1S/C26H36BrN3O4S/c1-4-9-15(3)29-24(33)22-26-13-17(27)21(35-26)19(23(32)28-12-5-2)20(26)25(34)30(22)18(14-31)16-10-7-6-8-11-16/h6-8,10-11,15,17-22,31H,4-5,9,12-14H2,1-3H3,(H,28,32)(H,29,33)/t15?,17?,18-,19+,20+,21+,22?,26?/m1/s1. The van der Waals surface area contributed by atoms with Crippen molar-refractivity contribution in [3.63, 3.8) is 0 Å². The van der Waals surface area contributed by atoms with Crippen molar-refractivity contribution in [2.45, 2.75) is 79.4 Å². The number of hydrogen-bond donors (Lipinski definition) is 3. The average Bonchev–Trinajstić information content (AvgIpc) is 3.42. The molecule has 1 spiro atoms. The number of nitrogens with one attached hydrogen (secondary N) is 2. The first-order valence-electron chi connectivity index (χ1n) is 12.7. The average molecular weight is 567 g/mol. The monoisotopic (exact) mass is 565 g/mol. The van der Waals surface area contributed by atoms with E-state index < -0.39 is 28.7 Å². The third kappa shape index (κ3) is 4.53. The number of likely N-dealkylation sites (tertiary alicyclic amines) is 1. The number of rotatable bonds is 10. The van der Waals surface area contributed by atoms with Gasteiger partial charge >= 0.3 is 0 Å². The highest BCUT2D eigenvalue weighted by molar-refractivity contribution is 9.09. The van der Waals surface area contributed by atoms with E-state index in [0.717, 1.165) is 24.8 Å². The number of amides is 3. The normalized spacial score (nSPS) is 32.9. The Bertz CT molecular complexity index is 950. The van der Waals surface area contributed by atoms with Crippen LogP contribution in [0.25, 0.3) is 0 Å². The number of hydrogen-bond acceptors (Lipinski definition) is 5. The lowest BCUT2D eigenvalue weighted by molar-refractivity contribution is -0.143. The summed E-state index contributed by atoms with van der Waals surface area (Å²) in [6.07, 6.45) is 3.21. The Morgan fingerprint density at radius 2 is 1.94 bits per heavy atom. The minimum atomic E-state index is -0.768. The Morgan fingerprint density at radius 1 is 1.23 bits per heavy atom. The highest BCUT2D eigenvalue weighted by Gasteiger charge is 2.76. The Labute approximate surface area is 220 Å². The minimum absolute atomic E-state index is 0.0292. The molecule has 9 heteroatoms. The molecule has 3 aliphatic rings. The lowest BCUT2D eigenvalue weighted by Crippen LogP contribution is -2.56. The van der Waals surface area contributed by atoms with Crippen molar-refractivity contribution in [2.24, 2.45) is 11.8 Å². The first-order chi connectivity index (χ1) is 16.8. The fraction of sp³-hybridized carbons (Fsp3) is 0.654. The highest BCUT2D eigenvalue weighted by atomic mass is 79.9. The van der Waals surface area contributed by atoms with Crippen LogP contribution in [0.5, 0.6) is 0 Å². The summed E-state index contributed by atoms with van der Waals surface area (Å²) in [5, 5.41) is 16.5. The van der Waals surface area contributed by atoms with Crippen molar-refractivity contribution < 1.29 is 19.5 Å². The van der Waals surface area contributed by atoms with Crippen molar-refractivity contribution in [3.05, 3.63) is 35.9 Å². The fourth-order valence-electron chi connectivity index (χ4n) is 6.22. The van der Waals surface area contributed by atoms with Crippen LogP contribution >= 0.6 is 27.7 Å². The predicted octanol–water partition coefficient (Wildman–Crippen LogP) is 3.02. The van der Waals surface area contributed by atoms with Gasteiger partial charge < -0.3 is 20.6 Å². The number of benzene rings is 1. The molecule has 8 atom stereocenters. The summed E-state index contributed by atoms with van der Waals surface area (Å²) < 4.78 is -0.720. The number of alkyl halides is 1. The van der Waals surface area contributed by atoms with Crippen LogP contribution in [0.2, 0.25) is 0 Å². The smallest absolute Gasteiger partial charge is 0.244 e. The molecule has 7 nitrogen and oxygen atoms in total. The molecular formula is C26H36BrN3O4S. The second-order valence-corrected chi connectivity index (χ2v) is 12.7. The van der Waals surface area contributed by atoms with Crippen LogP contribution in [0.15, 0.2) is 30.3 Å². The molecule has 192 valence electrons. The van der Waals surface area contributed by atoms with Gasteiger partial charge in [-0.25, -0.2) is 0 Å². The Balaban J connectivity index is 1.78.